The number of aryl methyl sites for hydroxylation is 1. The van der Waals surface area contributed by atoms with Crippen molar-refractivity contribution in [3.8, 4) is 0 Å². The Labute approximate surface area is 96.8 Å². The number of aromatic nitrogens is 2. The molecular weight excluding hydrogens is 234 g/mol. The van der Waals surface area contributed by atoms with E-state index in [1.165, 1.54) is 0 Å². The number of nitrogens with two attached hydrogens (primary N) is 2. The third-order valence-electron chi connectivity index (χ3n) is 1.90. The summed E-state index contributed by atoms with van der Waals surface area (Å²) in [5.74, 6) is -0.569. The van der Waals surface area contributed by atoms with E-state index in [2.05, 4.69) is 15.3 Å². The fourth-order valence-corrected chi connectivity index (χ4v) is 1.19. The minimum Gasteiger partial charge on any atom is -0.394 e. The lowest BCUT2D eigenvalue weighted by Crippen LogP contribution is -2.34. The predicted octanol–water partition coefficient (Wildman–Crippen LogP) is -0.721. The number of carbonyl (C=O) groups excluding carboxylic acids is 1. The molecule has 0 saturated heterocycles. The number of carbonyl (C=O) groups is 1. The van der Waals surface area contributed by atoms with Crippen LogP contribution in [0.1, 0.15) is 5.69 Å². The molecule has 0 spiro atoms. The monoisotopic (exact) mass is 245 g/mol. The summed E-state index contributed by atoms with van der Waals surface area (Å²) in [4.78, 5) is 18.2. The van der Waals surface area contributed by atoms with Crippen LogP contribution in [0.4, 0.5) is 11.5 Å². The molecule has 1 heterocycles. The van der Waals surface area contributed by atoms with Crippen molar-refractivity contribution in [3.63, 3.8) is 0 Å². The molecule has 0 aliphatic carbocycles. The summed E-state index contributed by atoms with van der Waals surface area (Å²) >= 11 is 5.63. The topological polar surface area (TPSA) is 127 Å². The van der Waals surface area contributed by atoms with Crippen molar-refractivity contribution in [1.82, 2.24) is 9.97 Å². The third kappa shape index (κ3) is 2.94. The first kappa shape index (κ1) is 12.5. The summed E-state index contributed by atoms with van der Waals surface area (Å²) in [5, 5.41) is 11.9. The van der Waals surface area contributed by atoms with Crippen LogP contribution in [-0.4, -0.2) is 33.6 Å². The van der Waals surface area contributed by atoms with Crippen molar-refractivity contribution >= 4 is 29.0 Å². The van der Waals surface area contributed by atoms with Gasteiger partial charge in [0.2, 0.25) is 11.2 Å². The van der Waals surface area contributed by atoms with E-state index in [-0.39, 0.29) is 17.6 Å². The first-order valence-electron chi connectivity index (χ1n) is 4.42. The SMILES string of the molecule is Cc1nc(Cl)nc(NCC(O)C(N)=O)c1N. The highest BCUT2D eigenvalue weighted by atomic mass is 35.5. The number of anilines is 2. The average Bonchev–Trinajstić information content (AvgIpc) is 2.20. The predicted molar refractivity (Wildman–Crippen MR) is 59.9 cm³/mol. The highest BCUT2D eigenvalue weighted by molar-refractivity contribution is 6.28. The maximum atomic E-state index is 10.6. The highest BCUT2D eigenvalue weighted by Gasteiger charge is 2.13. The fourth-order valence-electron chi connectivity index (χ4n) is 0.976. The molecule has 1 aromatic rings. The summed E-state index contributed by atoms with van der Waals surface area (Å²) in [6.45, 7) is 1.57. The number of nitrogens with one attached hydrogen (secondary N) is 1. The van der Waals surface area contributed by atoms with Gasteiger partial charge < -0.3 is 21.9 Å². The lowest BCUT2D eigenvalue weighted by atomic mass is 10.3. The zero-order valence-corrected chi connectivity index (χ0v) is 9.32. The number of nitrogens with zero attached hydrogens (tertiary/aromatic N) is 2. The number of halogens is 1. The van der Waals surface area contributed by atoms with Crippen molar-refractivity contribution in [2.45, 2.75) is 13.0 Å². The molecule has 7 nitrogen and oxygen atoms in total. The van der Waals surface area contributed by atoms with Gasteiger partial charge in [-0.2, -0.15) is 4.98 Å². The van der Waals surface area contributed by atoms with Crippen LogP contribution in [0.3, 0.4) is 0 Å². The number of rotatable bonds is 4. The van der Waals surface area contributed by atoms with Gasteiger partial charge in [-0.3, -0.25) is 4.79 Å². The largest absolute Gasteiger partial charge is 0.394 e. The minimum atomic E-state index is -1.31. The van der Waals surface area contributed by atoms with Crippen molar-refractivity contribution in [2.75, 3.05) is 17.6 Å². The second-order valence-corrected chi connectivity index (χ2v) is 3.48. The third-order valence-corrected chi connectivity index (χ3v) is 2.07. The van der Waals surface area contributed by atoms with Gasteiger partial charge in [0.15, 0.2) is 5.82 Å². The van der Waals surface area contributed by atoms with E-state index < -0.39 is 12.0 Å². The van der Waals surface area contributed by atoms with E-state index in [0.717, 1.165) is 0 Å². The van der Waals surface area contributed by atoms with Crippen LogP contribution in [0.25, 0.3) is 0 Å². The van der Waals surface area contributed by atoms with Crippen LogP contribution in [0.15, 0.2) is 0 Å². The van der Waals surface area contributed by atoms with E-state index in [9.17, 15) is 4.79 Å². The maximum absolute atomic E-state index is 10.6. The smallest absolute Gasteiger partial charge is 0.248 e. The summed E-state index contributed by atoms with van der Waals surface area (Å²) < 4.78 is 0. The van der Waals surface area contributed by atoms with Crippen LogP contribution >= 0.6 is 11.6 Å². The average molecular weight is 246 g/mol. The molecule has 0 aliphatic heterocycles. The van der Waals surface area contributed by atoms with Crippen molar-refractivity contribution in [3.05, 3.63) is 11.0 Å². The molecule has 1 rings (SSSR count). The van der Waals surface area contributed by atoms with Crippen LogP contribution in [-0.2, 0) is 4.79 Å². The van der Waals surface area contributed by atoms with Gasteiger partial charge in [0, 0.05) is 0 Å². The molecule has 88 valence electrons. The Morgan fingerprint density at radius 3 is 2.81 bits per heavy atom. The van der Waals surface area contributed by atoms with Crippen molar-refractivity contribution in [2.24, 2.45) is 5.73 Å². The van der Waals surface area contributed by atoms with E-state index in [0.29, 0.717) is 11.4 Å². The van der Waals surface area contributed by atoms with E-state index in [1.807, 2.05) is 0 Å². The van der Waals surface area contributed by atoms with Crippen LogP contribution < -0.4 is 16.8 Å². The number of primary amides is 1. The van der Waals surface area contributed by atoms with Gasteiger partial charge in [0.1, 0.15) is 6.10 Å². The van der Waals surface area contributed by atoms with Crippen LogP contribution in [0.5, 0.6) is 0 Å². The van der Waals surface area contributed by atoms with Gasteiger partial charge in [0.25, 0.3) is 0 Å². The van der Waals surface area contributed by atoms with Gasteiger partial charge in [-0.05, 0) is 18.5 Å². The molecule has 1 atom stereocenters. The Kier molecular flexibility index (Phi) is 3.86. The Balaban J connectivity index is 2.78. The number of aliphatic hydroxyl groups is 1. The standard InChI is InChI=1S/C8H12ClN5O2/c1-3-5(10)7(14-8(9)13-3)12-2-4(15)6(11)16/h4,15H,2,10H2,1H3,(H2,11,16)(H,12,13,14). The Morgan fingerprint density at radius 1 is 1.62 bits per heavy atom. The lowest BCUT2D eigenvalue weighted by Gasteiger charge is -2.11. The summed E-state index contributed by atoms with van der Waals surface area (Å²) in [5.41, 5.74) is 11.4. The molecule has 6 N–H and O–H groups in total. The molecule has 0 radical (unpaired) electrons. The summed E-state index contributed by atoms with van der Waals surface area (Å²) in [7, 11) is 0. The van der Waals surface area contributed by atoms with Gasteiger partial charge in [-0.15, -0.1) is 0 Å². The fraction of sp³-hybridized carbons (Fsp3) is 0.375. The maximum Gasteiger partial charge on any atom is 0.248 e. The Hall–Kier alpha value is -1.60. The van der Waals surface area contributed by atoms with Gasteiger partial charge in [-0.1, -0.05) is 0 Å². The number of aliphatic hydroxyl groups excluding tert-OH is 1. The molecule has 0 aromatic carbocycles. The summed E-state index contributed by atoms with van der Waals surface area (Å²) in [6.07, 6.45) is -1.31. The first-order chi connectivity index (χ1) is 7.41. The second kappa shape index (κ2) is 4.95. The van der Waals surface area contributed by atoms with E-state index >= 15 is 0 Å². The molecular formula is C8H12ClN5O2. The van der Waals surface area contributed by atoms with E-state index in [4.69, 9.17) is 28.2 Å². The molecule has 1 amide bonds. The molecule has 16 heavy (non-hydrogen) atoms. The normalized spacial score (nSPS) is 12.2. The van der Waals surface area contributed by atoms with Crippen molar-refractivity contribution in [1.29, 1.82) is 0 Å². The van der Waals surface area contributed by atoms with Crippen LogP contribution in [0.2, 0.25) is 5.28 Å². The molecule has 8 heteroatoms. The second-order valence-electron chi connectivity index (χ2n) is 3.14. The number of amides is 1. The van der Waals surface area contributed by atoms with Crippen LogP contribution in [0, 0.1) is 6.92 Å². The van der Waals surface area contributed by atoms with Crippen molar-refractivity contribution < 1.29 is 9.90 Å². The summed E-state index contributed by atoms with van der Waals surface area (Å²) in [6, 6.07) is 0. The Bertz CT molecular complexity index is 412. The lowest BCUT2D eigenvalue weighted by molar-refractivity contribution is -0.125. The molecule has 0 aliphatic rings. The number of hydrogen-bond acceptors (Lipinski definition) is 6. The van der Waals surface area contributed by atoms with E-state index in [1.54, 1.807) is 6.92 Å². The minimum absolute atomic E-state index is 0.0303. The molecule has 0 fully saturated rings. The van der Waals surface area contributed by atoms with Gasteiger partial charge in [0.05, 0.1) is 17.9 Å². The van der Waals surface area contributed by atoms with Gasteiger partial charge in [-0.25, -0.2) is 4.98 Å². The highest BCUT2D eigenvalue weighted by Crippen LogP contribution is 2.20. The Morgan fingerprint density at radius 2 is 2.25 bits per heavy atom. The molecule has 0 bridgehead atoms. The van der Waals surface area contributed by atoms with Gasteiger partial charge >= 0.3 is 0 Å². The molecule has 1 unspecified atom stereocenters. The zero-order chi connectivity index (χ0) is 12.3. The first-order valence-corrected chi connectivity index (χ1v) is 4.80. The number of nitrogen functional groups attached to an aromatic ring is 1. The molecule has 0 saturated carbocycles. The number of hydrogen-bond donors (Lipinski definition) is 4. The molecule has 1 aromatic heterocycles. The zero-order valence-electron chi connectivity index (χ0n) is 8.57. The quantitative estimate of drug-likeness (QED) is 0.519.